The fourth-order valence-corrected chi connectivity index (χ4v) is 1.38. The van der Waals surface area contributed by atoms with Gasteiger partial charge in [0.25, 0.3) is 0 Å². The van der Waals surface area contributed by atoms with Gasteiger partial charge < -0.3 is 11.1 Å². The minimum absolute atomic E-state index is 0.449. The lowest BCUT2D eigenvalue weighted by atomic mass is 10.2. The van der Waals surface area contributed by atoms with Crippen LogP contribution in [0.15, 0.2) is 22.8 Å². The van der Waals surface area contributed by atoms with E-state index < -0.39 is 0 Å². The molecule has 78 valence electrons. The van der Waals surface area contributed by atoms with Gasteiger partial charge in [0.15, 0.2) is 0 Å². The molecule has 0 saturated heterocycles. The lowest BCUT2D eigenvalue weighted by molar-refractivity contribution is 0.515. The predicted molar refractivity (Wildman–Crippen MR) is 61.9 cm³/mol. The van der Waals surface area contributed by atoms with Crippen LogP contribution in [0.1, 0.15) is 19.0 Å². The van der Waals surface area contributed by atoms with Crippen molar-refractivity contribution in [3.05, 3.63) is 28.5 Å². The van der Waals surface area contributed by atoms with Gasteiger partial charge in [0.1, 0.15) is 0 Å². The molecule has 3 nitrogen and oxygen atoms in total. The van der Waals surface area contributed by atoms with Crippen molar-refractivity contribution >= 4 is 15.9 Å². The van der Waals surface area contributed by atoms with Crippen molar-refractivity contribution in [2.24, 2.45) is 5.73 Å². The molecule has 1 rings (SSSR count). The van der Waals surface area contributed by atoms with Gasteiger partial charge in [-0.15, -0.1) is 0 Å². The van der Waals surface area contributed by atoms with E-state index in [0.29, 0.717) is 6.04 Å². The van der Waals surface area contributed by atoms with Gasteiger partial charge in [0.05, 0.1) is 5.69 Å². The maximum Gasteiger partial charge on any atom is 0.0542 e. The molecule has 1 unspecified atom stereocenters. The molecule has 0 bridgehead atoms. The Bertz CT molecular complexity index is 261. The number of rotatable bonds is 5. The summed E-state index contributed by atoms with van der Waals surface area (Å²) in [4.78, 5) is 4.27. The van der Waals surface area contributed by atoms with Gasteiger partial charge in [-0.25, -0.2) is 0 Å². The molecular weight excluding hydrogens is 242 g/mol. The smallest absolute Gasteiger partial charge is 0.0542 e. The summed E-state index contributed by atoms with van der Waals surface area (Å²) in [6.45, 7) is 3.65. The second kappa shape index (κ2) is 6.11. The van der Waals surface area contributed by atoms with E-state index in [0.717, 1.165) is 29.7 Å². The Labute approximate surface area is 93.2 Å². The molecule has 1 heterocycles. The van der Waals surface area contributed by atoms with Gasteiger partial charge in [0, 0.05) is 23.3 Å². The number of pyridine rings is 1. The summed E-state index contributed by atoms with van der Waals surface area (Å²) < 4.78 is 1.01. The molecule has 0 aliphatic carbocycles. The van der Waals surface area contributed by atoms with E-state index in [1.807, 2.05) is 18.3 Å². The summed E-state index contributed by atoms with van der Waals surface area (Å²) in [7, 11) is 0. The van der Waals surface area contributed by atoms with Crippen LogP contribution in [0.4, 0.5) is 0 Å². The van der Waals surface area contributed by atoms with E-state index in [4.69, 9.17) is 5.73 Å². The number of hydrogen-bond acceptors (Lipinski definition) is 3. The molecule has 4 heteroatoms. The van der Waals surface area contributed by atoms with Gasteiger partial charge in [-0.05, 0) is 48.0 Å². The maximum atomic E-state index is 5.46. The van der Waals surface area contributed by atoms with Crippen molar-refractivity contribution in [2.75, 3.05) is 6.54 Å². The van der Waals surface area contributed by atoms with Gasteiger partial charge in [0.2, 0.25) is 0 Å². The van der Waals surface area contributed by atoms with E-state index in [1.165, 1.54) is 0 Å². The largest absolute Gasteiger partial charge is 0.330 e. The number of nitrogens with one attached hydrogen (secondary N) is 1. The van der Waals surface area contributed by atoms with Crippen molar-refractivity contribution in [1.82, 2.24) is 10.3 Å². The van der Waals surface area contributed by atoms with Crippen molar-refractivity contribution in [1.29, 1.82) is 0 Å². The predicted octanol–water partition coefficient (Wildman–Crippen LogP) is 1.67. The second-order valence-electron chi connectivity index (χ2n) is 3.33. The minimum atomic E-state index is 0.449. The molecule has 0 aliphatic heterocycles. The quantitative estimate of drug-likeness (QED) is 0.844. The molecule has 1 atom stereocenters. The molecule has 0 amide bonds. The third-order valence-electron chi connectivity index (χ3n) is 2.02. The first-order valence-corrected chi connectivity index (χ1v) is 5.55. The highest BCUT2D eigenvalue weighted by Crippen LogP contribution is 2.07. The van der Waals surface area contributed by atoms with Crippen LogP contribution in [0.3, 0.4) is 0 Å². The molecule has 0 fully saturated rings. The highest BCUT2D eigenvalue weighted by molar-refractivity contribution is 9.10. The van der Waals surface area contributed by atoms with Crippen LogP contribution in [-0.2, 0) is 6.54 Å². The van der Waals surface area contributed by atoms with Crippen LogP contribution in [0, 0.1) is 0 Å². The number of nitrogens with zero attached hydrogens (tertiary/aromatic N) is 1. The third-order valence-corrected chi connectivity index (χ3v) is 2.49. The Hall–Kier alpha value is -0.450. The highest BCUT2D eigenvalue weighted by atomic mass is 79.9. The van der Waals surface area contributed by atoms with Gasteiger partial charge in [-0.3, -0.25) is 4.98 Å². The average Bonchev–Trinajstić information content (AvgIpc) is 2.17. The highest BCUT2D eigenvalue weighted by Gasteiger charge is 2.00. The van der Waals surface area contributed by atoms with Gasteiger partial charge in [-0.2, -0.15) is 0 Å². The number of aromatic nitrogens is 1. The van der Waals surface area contributed by atoms with E-state index in [1.54, 1.807) is 0 Å². The lowest BCUT2D eigenvalue weighted by Crippen LogP contribution is -2.28. The molecule has 0 saturated carbocycles. The van der Waals surface area contributed by atoms with Crippen LogP contribution in [0.25, 0.3) is 0 Å². The first-order valence-electron chi connectivity index (χ1n) is 4.76. The Balaban J connectivity index is 2.34. The second-order valence-corrected chi connectivity index (χ2v) is 4.24. The standard InChI is InChI=1S/C10H16BrN3/c1-8(4-5-12)13-7-10-3-2-9(11)6-14-10/h2-3,6,8,13H,4-5,7,12H2,1H3. The Morgan fingerprint density at radius 2 is 2.36 bits per heavy atom. The summed E-state index contributed by atoms with van der Waals surface area (Å²) in [5.41, 5.74) is 6.51. The maximum absolute atomic E-state index is 5.46. The summed E-state index contributed by atoms with van der Waals surface area (Å²) in [5, 5.41) is 3.36. The number of halogens is 1. The van der Waals surface area contributed by atoms with Crippen LogP contribution < -0.4 is 11.1 Å². The molecule has 1 aromatic rings. The van der Waals surface area contributed by atoms with Gasteiger partial charge in [-0.1, -0.05) is 0 Å². The third kappa shape index (κ3) is 4.17. The van der Waals surface area contributed by atoms with Gasteiger partial charge >= 0.3 is 0 Å². The zero-order valence-electron chi connectivity index (χ0n) is 8.33. The fraction of sp³-hybridized carbons (Fsp3) is 0.500. The van der Waals surface area contributed by atoms with E-state index in [9.17, 15) is 0 Å². The normalized spacial score (nSPS) is 12.8. The van der Waals surface area contributed by atoms with Crippen molar-refractivity contribution < 1.29 is 0 Å². The topological polar surface area (TPSA) is 50.9 Å². The molecule has 0 aliphatic rings. The molecular formula is C10H16BrN3. The molecule has 3 N–H and O–H groups in total. The summed E-state index contributed by atoms with van der Waals surface area (Å²) >= 11 is 3.35. The Morgan fingerprint density at radius 1 is 1.57 bits per heavy atom. The van der Waals surface area contributed by atoms with E-state index in [-0.39, 0.29) is 0 Å². The molecule has 14 heavy (non-hydrogen) atoms. The Morgan fingerprint density at radius 3 is 2.93 bits per heavy atom. The fourth-order valence-electron chi connectivity index (χ4n) is 1.14. The van der Waals surface area contributed by atoms with Crippen LogP contribution >= 0.6 is 15.9 Å². The van der Waals surface area contributed by atoms with Crippen LogP contribution in [-0.4, -0.2) is 17.6 Å². The summed E-state index contributed by atoms with van der Waals surface area (Å²) in [6, 6.07) is 4.45. The first-order chi connectivity index (χ1) is 6.72. The van der Waals surface area contributed by atoms with Crippen LogP contribution in [0.5, 0.6) is 0 Å². The zero-order chi connectivity index (χ0) is 10.4. The van der Waals surface area contributed by atoms with E-state index in [2.05, 4.69) is 33.2 Å². The van der Waals surface area contributed by atoms with Crippen molar-refractivity contribution in [3.63, 3.8) is 0 Å². The van der Waals surface area contributed by atoms with Crippen molar-refractivity contribution in [3.8, 4) is 0 Å². The SMILES string of the molecule is CC(CCN)NCc1ccc(Br)cn1. The monoisotopic (exact) mass is 257 g/mol. The van der Waals surface area contributed by atoms with Crippen LogP contribution in [0.2, 0.25) is 0 Å². The Kier molecular flexibility index (Phi) is 5.07. The zero-order valence-corrected chi connectivity index (χ0v) is 9.92. The summed E-state index contributed by atoms with van der Waals surface area (Å²) in [5.74, 6) is 0. The average molecular weight is 258 g/mol. The minimum Gasteiger partial charge on any atom is -0.330 e. The lowest BCUT2D eigenvalue weighted by Gasteiger charge is -2.11. The first kappa shape index (κ1) is 11.6. The molecule has 0 spiro atoms. The molecule has 0 radical (unpaired) electrons. The number of hydrogen-bond donors (Lipinski definition) is 2. The van der Waals surface area contributed by atoms with E-state index >= 15 is 0 Å². The van der Waals surface area contributed by atoms with Crippen molar-refractivity contribution in [2.45, 2.75) is 25.9 Å². The number of nitrogens with two attached hydrogens (primary N) is 1. The summed E-state index contributed by atoms with van der Waals surface area (Å²) in [6.07, 6.45) is 2.81. The molecule has 1 aromatic heterocycles. The molecule has 0 aromatic carbocycles.